The average molecular weight is 488 g/mol. The number of esters is 1. The lowest BCUT2D eigenvalue weighted by Gasteiger charge is -2.27. The van der Waals surface area contributed by atoms with Crippen molar-refractivity contribution >= 4 is 5.97 Å². The molecular weight excluding hydrogens is 464 g/mol. The van der Waals surface area contributed by atoms with Gasteiger partial charge in [-0.1, -0.05) is 24.3 Å². The van der Waals surface area contributed by atoms with Gasteiger partial charge >= 0.3 is 5.97 Å². The van der Waals surface area contributed by atoms with Crippen LogP contribution in [0, 0.1) is 11.3 Å². The van der Waals surface area contributed by atoms with Crippen LogP contribution in [-0.2, 0) is 4.79 Å². The minimum atomic E-state index is -0.586. The minimum absolute atomic E-state index is 0.0559. The molecule has 0 saturated carbocycles. The highest BCUT2D eigenvalue weighted by atomic mass is 16.6. The van der Waals surface area contributed by atoms with Crippen LogP contribution in [0.3, 0.4) is 0 Å². The summed E-state index contributed by atoms with van der Waals surface area (Å²) in [4.78, 5) is 12.3. The van der Waals surface area contributed by atoms with Crippen molar-refractivity contribution in [3.05, 3.63) is 83.2 Å². The van der Waals surface area contributed by atoms with Crippen LogP contribution in [0.5, 0.6) is 34.5 Å². The molecule has 3 aromatic rings. The van der Waals surface area contributed by atoms with Crippen molar-refractivity contribution in [1.29, 1.82) is 5.26 Å². The molecule has 0 amide bonds. The van der Waals surface area contributed by atoms with Crippen LogP contribution >= 0.6 is 0 Å². The Morgan fingerprint density at radius 2 is 1.67 bits per heavy atom. The molecule has 0 aromatic heterocycles. The fraction of sp³-hybridized carbons (Fsp3) is 0.185. The summed E-state index contributed by atoms with van der Waals surface area (Å²) in [5.74, 6) is 1.20. The molecular formula is C27H24N2O7. The van der Waals surface area contributed by atoms with E-state index in [9.17, 15) is 10.1 Å². The molecule has 0 fully saturated rings. The summed E-state index contributed by atoms with van der Waals surface area (Å²) >= 11 is 0. The Bertz CT molecular complexity index is 1320. The number of nitriles is 1. The Kier molecular flexibility index (Phi) is 7.16. The number of methoxy groups -OCH3 is 3. The third-order valence-corrected chi connectivity index (χ3v) is 5.54. The molecule has 0 saturated heterocycles. The largest absolute Gasteiger partial charge is 0.493 e. The summed E-state index contributed by atoms with van der Waals surface area (Å²) in [5, 5.41) is 9.86. The van der Waals surface area contributed by atoms with Gasteiger partial charge in [0.15, 0.2) is 18.1 Å². The lowest BCUT2D eigenvalue weighted by atomic mass is 9.83. The van der Waals surface area contributed by atoms with Gasteiger partial charge in [-0.3, -0.25) is 0 Å². The zero-order valence-electron chi connectivity index (χ0n) is 19.9. The van der Waals surface area contributed by atoms with E-state index in [0.717, 1.165) is 0 Å². The van der Waals surface area contributed by atoms with Crippen molar-refractivity contribution < 1.29 is 33.2 Å². The van der Waals surface area contributed by atoms with Gasteiger partial charge in [-0.05, 0) is 35.9 Å². The van der Waals surface area contributed by atoms with Crippen LogP contribution in [0.1, 0.15) is 17.0 Å². The molecule has 0 spiro atoms. The molecule has 9 nitrogen and oxygen atoms in total. The Labute approximate surface area is 208 Å². The Hall–Kier alpha value is -4.84. The summed E-state index contributed by atoms with van der Waals surface area (Å²) in [5.41, 5.74) is 7.66. The van der Waals surface area contributed by atoms with Gasteiger partial charge in [-0.25, -0.2) is 4.79 Å². The van der Waals surface area contributed by atoms with Gasteiger partial charge in [-0.15, -0.1) is 0 Å². The summed E-state index contributed by atoms with van der Waals surface area (Å²) in [7, 11) is 4.53. The van der Waals surface area contributed by atoms with E-state index >= 15 is 0 Å². The van der Waals surface area contributed by atoms with Crippen LogP contribution in [-0.4, -0.2) is 33.9 Å². The number of carbonyl (C=O) groups excluding carboxylic acids is 1. The summed E-state index contributed by atoms with van der Waals surface area (Å²) < 4.78 is 32.9. The lowest BCUT2D eigenvalue weighted by Crippen LogP contribution is -2.22. The maximum absolute atomic E-state index is 12.3. The van der Waals surface area contributed by atoms with Gasteiger partial charge in [0.1, 0.15) is 28.9 Å². The fourth-order valence-electron chi connectivity index (χ4n) is 3.93. The highest BCUT2D eigenvalue weighted by Gasteiger charge is 2.32. The van der Waals surface area contributed by atoms with E-state index in [2.05, 4.69) is 6.07 Å². The first-order valence-electron chi connectivity index (χ1n) is 10.9. The number of rotatable bonds is 8. The smallest absolute Gasteiger partial charge is 0.349 e. The van der Waals surface area contributed by atoms with Crippen LogP contribution in [0.25, 0.3) is 0 Å². The SMILES string of the molecule is COc1cc(C2C(C#N)=C(N)Oc3cc(OC(=O)COc4ccccc4)ccc32)cc(OC)c1OC. The first-order valence-corrected chi connectivity index (χ1v) is 10.9. The van der Waals surface area contributed by atoms with E-state index in [4.69, 9.17) is 34.2 Å². The van der Waals surface area contributed by atoms with Crippen LogP contribution in [0.2, 0.25) is 0 Å². The van der Waals surface area contributed by atoms with E-state index in [1.807, 2.05) is 6.07 Å². The molecule has 1 heterocycles. The molecule has 0 radical (unpaired) electrons. The molecule has 1 atom stereocenters. The summed E-state index contributed by atoms with van der Waals surface area (Å²) in [6.45, 7) is -0.267. The van der Waals surface area contributed by atoms with Gasteiger partial charge in [0, 0.05) is 11.6 Å². The molecule has 1 unspecified atom stereocenters. The highest BCUT2D eigenvalue weighted by molar-refractivity contribution is 5.74. The van der Waals surface area contributed by atoms with Crippen molar-refractivity contribution in [3.8, 4) is 40.6 Å². The molecule has 184 valence electrons. The maximum atomic E-state index is 12.3. The van der Waals surface area contributed by atoms with Crippen LogP contribution in [0.15, 0.2) is 72.1 Å². The van der Waals surface area contributed by atoms with Crippen LogP contribution < -0.4 is 34.2 Å². The second-order valence-electron chi connectivity index (χ2n) is 7.66. The van der Waals surface area contributed by atoms with Gasteiger partial charge in [-0.2, -0.15) is 5.26 Å². The molecule has 1 aliphatic heterocycles. The molecule has 1 aliphatic rings. The normalized spacial score (nSPS) is 14.1. The van der Waals surface area contributed by atoms with E-state index in [1.165, 1.54) is 21.3 Å². The number of allylic oxidation sites excluding steroid dienone is 1. The van der Waals surface area contributed by atoms with Crippen molar-refractivity contribution in [2.45, 2.75) is 5.92 Å². The van der Waals surface area contributed by atoms with Crippen molar-refractivity contribution in [1.82, 2.24) is 0 Å². The second kappa shape index (κ2) is 10.6. The summed E-state index contributed by atoms with van der Waals surface area (Å²) in [6, 6.07) is 19.5. The third kappa shape index (κ3) is 4.83. The quantitative estimate of drug-likeness (QED) is 0.371. The zero-order valence-corrected chi connectivity index (χ0v) is 19.9. The number of hydrogen-bond donors (Lipinski definition) is 1. The predicted octanol–water partition coefficient (Wildman–Crippen LogP) is 3.91. The third-order valence-electron chi connectivity index (χ3n) is 5.54. The number of nitrogens with two attached hydrogens (primary N) is 1. The number of hydrogen-bond acceptors (Lipinski definition) is 9. The number of benzene rings is 3. The lowest BCUT2D eigenvalue weighted by molar-refractivity contribution is -0.136. The van der Waals surface area contributed by atoms with E-state index in [1.54, 1.807) is 54.6 Å². The van der Waals surface area contributed by atoms with Crippen molar-refractivity contribution in [2.24, 2.45) is 5.73 Å². The Balaban J connectivity index is 1.65. The summed E-state index contributed by atoms with van der Waals surface area (Å²) in [6.07, 6.45) is 0. The number of carbonyl (C=O) groups is 1. The molecule has 36 heavy (non-hydrogen) atoms. The van der Waals surface area contributed by atoms with Gasteiger partial charge in [0.05, 0.1) is 27.2 Å². The van der Waals surface area contributed by atoms with E-state index < -0.39 is 11.9 Å². The van der Waals surface area contributed by atoms with Gasteiger partial charge < -0.3 is 34.2 Å². The first-order chi connectivity index (χ1) is 17.5. The van der Waals surface area contributed by atoms with Crippen molar-refractivity contribution in [2.75, 3.05) is 27.9 Å². The Morgan fingerprint density at radius 1 is 0.972 bits per heavy atom. The number of fused-ring (bicyclic) bond motifs is 1. The maximum Gasteiger partial charge on any atom is 0.349 e. The number of nitrogens with zero attached hydrogens (tertiary/aromatic N) is 1. The van der Waals surface area contributed by atoms with Crippen molar-refractivity contribution in [3.63, 3.8) is 0 Å². The monoisotopic (exact) mass is 488 g/mol. The number of ether oxygens (including phenoxy) is 6. The highest BCUT2D eigenvalue weighted by Crippen LogP contribution is 2.47. The molecule has 0 aliphatic carbocycles. The topological polar surface area (TPSA) is 122 Å². The predicted molar refractivity (Wildman–Crippen MR) is 129 cm³/mol. The minimum Gasteiger partial charge on any atom is -0.493 e. The molecule has 2 N–H and O–H groups in total. The van der Waals surface area contributed by atoms with Crippen LogP contribution in [0.4, 0.5) is 0 Å². The standard InChI is InChI=1S/C27H24N2O7/c1-31-22-11-16(12-23(32-2)26(22)33-3)25-19-10-9-18(13-21(19)36-27(29)20(25)14-28)35-24(30)15-34-17-7-5-4-6-8-17/h4-13,25H,15,29H2,1-3H3. The van der Waals surface area contributed by atoms with E-state index in [-0.39, 0.29) is 23.8 Å². The van der Waals surface area contributed by atoms with Gasteiger partial charge in [0.2, 0.25) is 11.6 Å². The molecule has 0 bridgehead atoms. The molecule has 9 heteroatoms. The zero-order chi connectivity index (χ0) is 25.7. The second-order valence-corrected chi connectivity index (χ2v) is 7.66. The molecule has 4 rings (SSSR count). The first kappa shape index (κ1) is 24.3. The average Bonchev–Trinajstić information content (AvgIpc) is 2.90. The molecule has 3 aromatic carbocycles. The van der Waals surface area contributed by atoms with E-state index in [0.29, 0.717) is 39.9 Å². The Morgan fingerprint density at radius 3 is 2.28 bits per heavy atom. The van der Waals surface area contributed by atoms with Gasteiger partial charge in [0.25, 0.3) is 0 Å². The number of para-hydroxylation sites is 1. The fourth-order valence-corrected chi connectivity index (χ4v) is 3.93.